The third kappa shape index (κ3) is 4.77. The van der Waals surface area contributed by atoms with Gasteiger partial charge in [-0.25, -0.2) is 0 Å². The van der Waals surface area contributed by atoms with Crippen molar-refractivity contribution in [3.63, 3.8) is 0 Å². The van der Waals surface area contributed by atoms with Gasteiger partial charge in [0.05, 0.1) is 12.9 Å². The quantitative estimate of drug-likeness (QED) is 0.533. The number of rotatable bonds is 6. The summed E-state index contributed by atoms with van der Waals surface area (Å²) in [6.45, 7) is 5.19. The second kappa shape index (κ2) is 7.01. The molecular weight excluding hydrogens is 198 g/mol. The lowest BCUT2D eigenvalue weighted by Gasteiger charge is -2.22. The van der Waals surface area contributed by atoms with Crippen LogP contribution in [0.3, 0.4) is 0 Å². The minimum absolute atomic E-state index is 0.549. The van der Waals surface area contributed by atoms with Crippen LogP contribution in [-0.2, 0) is 15.5 Å². The van der Waals surface area contributed by atoms with Gasteiger partial charge < -0.3 is 10.1 Å². The van der Waals surface area contributed by atoms with Crippen LogP contribution >= 0.6 is 0 Å². The van der Waals surface area contributed by atoms with E-state index in [1.54, 1.807) is 0 Å². The zero-order valence-corrected chi connectivity index (χ0v) is 9.35. The van der Waals surface area contributed by atoms with E-state index in [4.69, 9.17) is 4.74 Å². The number of ether oxygens (including phenoxy) is 1. The van der Waals surface area contributed by atoms with E-state index in [1.807, 2.05) is 0 Å². The molecule has 82 valence electrons. The van der Waals surface area contributed by atoms with Crippen molar-refractivity contribution in [2.75, 3.05) is 24.7 Å². The van der Waals surface area contributed by atoms with Crippen LogP contribution in [-0.4, -0.2) is 34.9 Å². The molecule has 1 aliphatic heterocycles. The number of nitrogens with one attached hydrogen (secondary N) is 1. The van der Waals surface area contributed by atoms with Gasteiger partial charge in [0, 0.05) is 28.3 Å². The van der Waals surface area contributed by atoms with Gasteiger partial charge >= 0.3 is 0 Å². The molecule has 0 aliphatic carbocycles. The Hall–Kier alpha value is -0.350. The maximum atomic E-state index is 11.1. The van der Waals surface area contributed by atoms with Crippen molar-refractivity contribution >= 4 is 10.8 Å². The molecule has 1 N–H and O–H groups in total. The van der Waals surface area contributed by atoms with E-state index < -0.39 is 10.8 Å². The highest BCUT2D eigenvalue weighted by molar-refractivity contribution is 7.85. The Kier molecular flexibility index (Phi) is 5.87. The third-order valence-electron chi connectivity index (χ3n) is 2.38. The molecule has 1 saturated heterocycles. The second-order valence-electron chi connectivity index (χ2n) is 3.47. The topological polar surface area (TPSA) is 38.3 Å². The second-order valence-corrected chi connectivity index (χ2v) is 5.16. The summed E-state index contributed by atoms with van der Waals surface area (Å²) in [6, 6.07) is 0.566. The van der Waals surface area contributed by atoms with Crippen molar-refractivity contribution in [2.24, 2.45) is 0 Å². The molecule has 4 heteroatoms. The first kappa shape index (κ1) is 11.7. The minimum atomic E-state index is -0.549. The molecule has 1 fully saturated rings. The van der Waals surface area contributed by atoms with Crippen LogP contribution in [0.2, 0.25) is 0 Å². The van der Waals surface area contributed by atoms with Crippen LogP contribution in [0, 0.1) is 0 Å². The molecule has 0 amide bonds. The van der Waals surface area contributed by atoms with Crippen molar-refractivity contribution in [1.82, 2.24) is 5.32 Å². The molecule has 1 rings (SSSR count). The normalized spacial score (nSPS) is 27.1. The first-order valence-electron chi connectivity index (χ1n) is 5.14. The molecular formula is C10H19NO2S. The molecule has 1 heterocycles. The van der Waals surface area contributed by atoms with Crippen molar-refractivity contribution in [3.8, 4) is 0 Å². The zero-order chi connectivity index (χ0) is 10.2. The van der Waals surface area contributed by atoms with E-state index in [-0.39, 0.29) is 0 Å². The summed E-state index contributed by atoms with van der Waals surface area (Å²) >= 11 is 0. The van der Waals surface area contributed by atoms with E-state index >= 15 is 0 Å². The van der Waals surface area contributed by atoms with Crippen molar-refractivity contribution in [3.05, 3.63) is 12.8 Å². The largest absolute Gasteiger partial charge is 0.502 e. The van der Waals surface area contributed by atoms with Gasteiger partial charge in [0.2, 0.25) is 0 Å². The van der Waals surface area contributed by atoms with Gasteiger partial charge in [-0.05, 0) is 25.8 Å². The molecule has 0 radical (unpaired) electrons. The maximum absolute atomic E-state index is 11.1. The van der Waals surface area contributed by atoms with E-state index in [0.717, 1.165) is 43.9 Å². The van der Waals surface area contributed by atoms with Gasteiger partial charge in [-0.2, -0.15) is 0 Å². The van der Waals surface area contributed by atoms with Gasteiger partial charge in [0.15, 0.2) is 0 Å². The van der Waals surface area contributed by atoms with Crippen LogP contribution in [0.25, 0.3) is 0 Å². The molecule has 0 spiro atoms. The van der Waals surface area contributed by atoms with E-state index in [2.05, 4.69) is 11.9 Å². The highest BCUT2D eigenvalue weighted by atomic mass is 32.2. The van der Waals surface area contributed by atoms with Gasteiger partial charge in [-0.3, -0.25) is 4.21 Å². The Balaban J connectivity index is 1.96. The van der Waals surface area contributed by atoms with Crippen molar-refractivity contribution < 1.29 is 8.95 Å². The first-order valence-corrected chi connectivity index (χ1v) is 6.62. The monoisotopic (exact) mass is 217 g/mol. The molecule has 0 aromatic carbocycles. The van der Waals surface area contributed by atoms with Gasteiger partial charge in [-0.15, -0.1) is 0 Å². The molecule has 0 saturated carbocycles. The SMILES string of the molecule is C=COCCCNC1CCS(=O)CC1. The van der Waals surface area contributed by atoms with Crippen LogP contribution < -0.4 is 5.32 Å². The molecule has 0 atom stereocenters. The number of hydrogen-bond donors (Lipinski definition) is 1. The fourth-order valence-electron chi connectivity index (χ4n) is 1.54. The molecule has 0 aromatic rings. The highest BCUT2D eigenvalue weighted by Crippen LogP contribution is 2.08. The smallest absolute Gasteiger partial charge is 0.0885 e. The standard InChI is InChI=1S/C10H19NO2S/c1-2-13-7-3-6-11-10-4-8-14(12)9-5-10/h2,10-11H,1,3-9H2. The van der Waals surface area contributed by atoms with Gasteiger partial charge in [0.1, 0.15) is 0 Å². The Morgan fingerprint density at radius 1 is 1.50 bits per heavy atom. The number of hydrogen-bond acceptors (Lipinski definition) is 3. The lowest BCUT2D eigenvalue weighted by Crippen LogP contribution is -2.36. The summed E-state index contributed by atoms with van der Waals surface area (Å²) < 4.78 is 16.1. The van der Waals surface area contributed by atoms with E-state index in [1.165, 1.54) is 6.26 Å². The summed E-state index contributed by atoms with van der Waals surface area (Å²) in [7, 11) is -0.549. The van der Waals surface area contributed by atoms with Crippen LogP contribution in [0.15, 0.2) is 12.8 Å². The highest BCUT2D eigenvalue weighted by Gasteiger charge is 2.16. The molecule has 0 unspecified atom stereocenters. The summed E-state index contributed by atoms with van der Waals surface area (Å²) in [6.07, 6.45) is 4.58. The molecule has 3 nitrogen and oxygen atoms in total. The lowest BCUT2D eigenvalue weighted by atomic mass is 10.1. The zero-order valence-electron chi connectivity index (χ0n) is 8.54. The Bertz CT molecular complexity index is 187. The summed E-state index contributed by atoms with van der Waals surface area (Å²) in [4.78, 5) is 0. The van der Waals surface area contributed by atoms with E-state index in [0.29, 0.717) is 6.04 Å². The fraction of sp³-hybridized carbons (Fsp3) is 0.800. The summed E-state index contributed by atoms with van der Waals surface area (Å²) in [5, 5.41) is 3.45. The average Bonchev–Trinajstić information content (AvgIpc) is 2.21. The Morgan fingerprint density at radius 2 is 2.21 bits per heavy atom. The fourth-order valence-corrected chi connectivity index (χ4v) is 2.84. The van der Waals surface area contributed by atoms with Gasteiger partial charge in [-0.1, -0.05) is 6.58 Å². The average molecular weight is 217 g/mol. The maximum Gasteiger partial charge on any atom is 0.0885 e. The summed E-state index contributed by atoms with van der Waals surface area (Å²) in [5.41, 5.74) is 0. The lowest BCUT2D eigenvalue weighted by molar-refractivity contribution is 0.242. The Morgan fingerprint density at radius 3 is 2.86 bits per heavy atom. The van der Waals surface area contributed by atoms with E-state index in [9.17, 15) is 4.21 Å². The predicted molar refractivity (Wildman–Crippen MR) is 59.7 cm³/mol. The first-order chi connectivity index (χ1) is 6.83. The van der Waals surface area contributed by atoms with Crippen molar-refractivity contribution in [2.45, 2.75) is 25.3 Å². The molecule has 0 bridgehead atoms. The molecule has 14 heavy (non-hydrogen) atoms. The van der Waals surface area contributed by atoms with Crippen molar-refractivity contribution in [1.29, 1.82) is 0 Å². The van der Waals surface area contributed by atoms with Crippen LogP contribution in [0.4, 0.5) is 0 Å². The summed E-state index contributed by atoms with van der Waals surface area (Å²) in [5.74, 6) is 1.72. The molecule has 1 aliphatic rings. The Labute approximate surface area is 88.4 Å². The van der Waals surface area contributed by atoms with Crippen LogP contribution in [0.1, 0.15) is 19.3 Å². The third-order valence-corrected chi connectivity index (χ3v) is 3.76. The predicted octanol–water partition coefficient (Wildman–Crippen LogP) is 1.04. The minimum Gasteiger partial charge on any atom is -0.502 e. The van der Waals surface area contributed by atoms with Crippen LogP contribution in [0.5, 0.6) is 0 Å². The molecule has 0 aromatic heterocycles. The van der Waals surface area contributed by atoms with Gasteiger partial charge in [0.25, 0.3) is 0 Å².